The van der Waals surface area contributed by atoms with Crippen molar-refractivity contribution in [2.45, 2.75) is 19.3 Å². The molecule has 0 saturated carbocycles. The molecule has 1 unspecified atom stereocenters. The largest absolute Gasteiger partial charge is 0.482 e. The van der Waals surface area contributed by atoms with Crippen LogP contribution in [0, 0.1) is 11.6 Å². The molecule has 10 nitrogen and oxygen atoms in total. The first-order valence-corrected chi connectivity index (χ1v) is 12.6. The molecule has 0 radical (unpaired) electrons. The molecular weight excluding hydrogens is 526 g/mol. The summed E-state index contributed by atoms with van der Waals surface area (Å²) in [4.78, 5) is 42.7. The van der Waals surface area contributed by atoms with Gasteiger partial charge in [0, 0.05) is 38.9 Å². The lowest BCUT2D eigenvalue weighted by atomic mass is 10.1. The lowest BCUT2D eigenvalue weighted by Crippen LogP contribution is -2.54. The van der Waals surface area contributed by atoms with E-state index in [0.717, 1.165) is 11.6 Å². The van der Waals surface area contributed by atoms with Crippen LogP contribution in [0.1, 0.15) is 43.8 Å². The van der Waals surface area contributed by atoms with E-state index >= 15 is 0 Å². The number of benzene rings is 2. The van der Waals surface area contributed by atoms with Crippen molar-refractivity contribution >= 4 is 11.8 Å². The van der Waals surface area contributed by atoms with Crippen LogP contribution in [0.5, 0.6) is 5.75 Å². The fourth-order valence-electron chi connectivity index (χ4n) is 4.90. The van der Waals surface area contributed by atoms with Gasteiger partial charge in [0.05, 0.1) is 18.8 Å². The minimum Gasteiger partial charge on any atom is -0.482 e. The smallest absolute Gasteiger partial charge is 0.277 e. The third-order valence-corrected chi connectivity index (χ3v) is 6.89. The SMILES string of the molecule is COCCN1CN2CC(OC)c3c(C(=O)NCc4ccc(F)cc4F)c(=O)c(OCc4ccccc4)c(n32)C1=O. The summed E-state index contributed by atoms with van der Waals surface area (Å²) in [6, 6.07) is 12.1. The predicted molar refractivity (Wildman–Crippen MR) is 140 cm³/mol. The molecule has 0 fully saturated rings. The molecule has 1 atom stereocenters. The Morgan fingerprint density at radius 1 is 1.10 bits per heavy atom. The molecular formula is C28H28F2N4O6. The lowest BCUT2D eigenvalue weighted by Gasteiger charge is -2.37. The molecule has 2 aromatic carbocycles. The molecule has 2 aliphatic rings. The second-order valence-electron chi connectivity index (χ2n) is 9.39. The number of aromatic nitrogens is 1. The molecule has 2 amide bonds. The molecule has 210 valence electrons. The van der Waals surface area contributed by atoms with Crippen LogP contribution < -0.4 is 20.5 Å². The third kappa shape index (κ3) is 5.03. The van der Waals surface area contributed by atoms with Crippen LogP contribution in [-0.4, -0.2) is 62.0 Å². The summed E-state index contributed by atoms with van der Waals surface area (Å²) in [5, 5.41) is 4.35. The Balaban J connectivity index is 1.59. The van der Waals surface area contributed by atoms with E-state index in [1.54, 1.807) is 17.1 Å². The zero-order chi connectivity index (χ0) is 28.4. The first kappa shape index (κ1) is 27.3. The minimum atomic E-state index is -0.832. The van der Waals surface area contributed by atoms with E-state index in [9.17, 15) is 23.2 Å². The highest BCUT2D eigenvalue weighted by atomic mass is 19.1. The van der Waals surface area contributed by atoms with Crippen LogP contribution in [0.3, 0.4) is 0 Å². The lowest BCUT2D eigenvalue weighted by molar-refractivity contribution is 0.0621. The molecule has 0 saturated heterocycles. The zero-order valence-electron chi connectivity index (χ0n) is 22.0. The van der Waals surface area contributed by atoms with Gasteiger partial charge in [0.25, 0.3) is 11.8 Å². The molecule has 3 aromatic rings. The van der Waals surface area contributed by atoms with Crippen LogP contribution in [0.15, 0.2) is 53.3 Å². The van der Waals surface area contributed by atoms with Gasteiger partial charge in [-0.3, -0.25) is 19.4 Å². The Morgan fingerprint density at radius 3 is 2.58 bits per heavy atom. The van der Waals surface area contributed by atoms with Gasteiger partial charge in [-0.15, -0.1) is 0 Å². The van der Waals surface area contributed by atoms with E-state index in [0.29, 0.717) is 6.07 Å². The van der Waals surface area contributed by atoms with Gasteiger partial charge in [-0.2, -0.15) is 0 Å². The third-order valence-electron chi connectivity index (χ3n) is 6.89. The van der Waals surface area contributed by atoms with Crippen molar-refractivity contribution in [1.82, 2.24) is 14.9 Å². The van der Waals surface area contributed by atoms with E-state index in [-0.39, 0.29) is 67.8 Å². The summed E-state index contributed by atoms with van der Waals surface area (Å²) >= 11 is 0. The number of pyridine rings is 1. The van der Waals surface area contributed by atoms with Gasteiger partial charge in [0.1, 0.15) is 36.6 Å². The molecule has 3 heterocycles. The quantitative estimate of drug-likeness (QED) is 0.411. The predicted octanol–water partition coefficient (Wildman–Crippen LogP) is 2.33. The number of carbonyl (C=O) groups is 2. The molecule has 40 heavy (non-hydrogen) atoms. The van der Waals surface area contributed by atoms with Gasteiger partial charge in [0.2, 0.25) is 5.43 Å². The fraction of sp³-hybridized carbons (Fsp3) is 0.321. The van der Waals surface area contributed by atoms with Gasteiger partial charge in [-0.05, 0) is 11.6 Å². The van der Waals surface area contributed by atoms with Crippen LogP contribution in [0.4, 0.5) is 8.78 Å². The van der Waals surface area contributed by atoms with Gasteiger partial charge < -0.3 is 24.4 Å². The molecule has 2 aliphatic heterocycles. The van der Waals surface area contributed by atoms with Crippen molar-refractivity contribution in [3.05, 3.63) is 98.5 Å². The molecule has 0 bridgehead atoms. The standard InChI is InChI=1S/C28H28F2N4O6/c1-38-11-10-32-16-33-14-21(39-2)23-22(27(36)31-13-18-8-9-19(29)12-20(18)30)25(35)26(24(28(32)37)34(23)33)40-15-17-6-4-3-5-7-17/h3-9,12,21H,10-11,13-16H2,1-2H3,(H,31,36). The Hall–Kier alpha value is -4.29. The molecule has 0 aliphatic carbocycles. The number of hydrogen-bond acceptors (Lipinski definition) is 7. The van der Waals surface area contributed by atoms with Crippen molar-refractivity contribution in [2.24, 2.45) is 0 Å². The van der Waals surface area contributed by atoms with Crippen LogP contribution >= 0.6 is 0 Å². The number of nitrogens with zero attached hydrogens (tertiary/aromatic N) is 3. The number of ether oxygens (including phenoxy) is 3. The normalized spacial score (nSPS) is 15.8. The van der Waals surface area contributed by atoms with Crippen molar-refractivity contribution in [2.75, 3.05) is 45.6 Å². The zero-order valence-corrected chi connectivity index (χ0v) is 22.0. The molecule has 12 heteroatoms. The molecule has 1 N–H and O–H groups in total. The first-order valence-electron chi connectivity index (χ1n) is 12.6. The van der Waals surface area contributed by atoms with E-state index < -0.39 is 35.0 Å². The summed E-state index contributed by atoms with van der Waals surface area (Å²) in [5.41, 5.74) is -0.0885. The van der Waals surface area contributed by atoms with Gasteiger partial charge >= 0.3 is 0 Å². The summed E-state index contributed by atoms with van der Waals surface area (Å²) < 4.78 is 45.8. The molecule has 1 aromatic heterocycles. The van der Waals surface area contributed by atoms with Gasteiger partial charge in [-0.25, -0.2) is 13.5 Å². The van der Waals surface area contributed by atoms with Gasteiger partial charge in [0.15, 0.2) is 11.4 Å². The maximum atomic E-state index is 14.2. The topological polar surface area (TPSA) is 102 Å². The van der Waals surface area contributed by atoms with Crippen molar-refractivity contribution < 1.29 is 32.6 Å². The second-order valence-corrected chi connectivity index (χ2v) is 9.39. The maximum Gasteiger partial charge on any atom is 0.277 e. The van der Waals surface area contributed by atoms with Crippen molar-refractivity contribution in [3.8, 4) is 5.75 Å². The van der Waals surface area contributed by atoms with E-state index in [1.807, 2.05) is 18.2 Å². The fourth-order valence-corrected chi connectivity index (χ4v) is 4.90. The van der Waals surface area contributed by atoms with E-state index in [4.69, 9.17) is 14.2 Å². The molecule has 5 rings (SSSR count). The summed E-state index contributed by atoms with van der Waals surface area (Å²) in [5.74, 6) is -3.11. The monoisotopic (exact) mass is 554 g/mol. The number of methoxy groups -OCH3 is 2. The number of rotatable bonds is 10. The Bertz CT molecular complexity index is 1500. The summed E-state index contributed by atoms with van der Waals surface area (Å²) in [7, 11) is 2.97. The summed E-state index contributed by atoms with van der Waals surface area (Å²) in [6.07, 6.45) is -0.715. The minimum absolute atomic E-state index is 0.0148. The van der Waals surface area contributed by atoms with Crippen LogP contribution in [-0.2, 0) is 22.6 Å². The van der Waals surface area contributed by atoms with E-state index in [2.05, 4.69) is 5.32 Å². The number of halogens is 2. The maximum absolute atomic E-state index is 14.2. The number of carbonyl (C=O) groups excluding carboxylic acids is 2. The highest BCUT2D eigenvalue weighted by molar-refractivity contribution is 6.01. The average Bonchev–Trinajstić information content (AvgIpc) is 3.31. The van der Waals surface area contributed by atoms with Crippen LogP contribution in [0.2, 0.25) is 0 Å². The highest BCUT2D eigenvalue weighted by Crippen LogP contribution is 2.35. The number of nitrogens with one attached hydrogen (secondary N) is 1. The van der Waals surface area contributed by atoms with Crippen molar-refractivity contribution in [1.29, 1.82) is 0 Å². The van der Waals surface area contributed by atoms with Crippen molar-refractivity contribution in [3.63, 3.8) is 0 Å². The average molecular weight is 555 g/mol. The Labute approximate surface area is 228 Å². The number of hydrogen-bond donors (Lipinski definition) is 1. The second kappa shape index (κ2) is 11.4. The summed E-state index contributed by atoms with van der Waals surface area (Å²) in [6.45, 7) is 0.668. The highest BCUT2D eigenvalue weighted by Gasteiger charge is 2.44. The Kier molecular flexibility index (Phi) is 7.81. The van der Waals surface area contributed by atoms with E-state index in [1.165, 1.54) is 29.9 Å². The van der Waals surface area contributed by atoms with Crippen LogP contribution in [0.25, 0.3) is 0 Å². The number of amides is 2. The molecule has 0 spiro atoms. The Morgan fingerprint density at radius 2 is 1.88 bits per heavy atom. The first-order chi connectivity index (χ1) is 19.3. The van der Waals surface area contributed by atoms with Gasteiger partial charge in [-0.1, -0.05) is 36.4 Å².